The number of amidine groups is 1. The maximum absolute atomic E-state index is 12.1. The largest absolute Gasteiger partial charge is 0.348 e. The molecule has 0 saturated carbocycles. The van der Waals surface area contributed by atoms with Gasteiger partial charge in [0, 0.05) is 23.5 Å². The molecule has 23 heavy (non-hydrogen) atoms. The predicted octanol–water partition coefficient (Wildman–Crippen LogP) is 4.36. The molecule has 1 aliphatic rings. The molecule has 1 aliphatic heterocycles. The molecule has 1 aromatic heterocycles. The molecule has 4 nitrogen and oxygen atoms in total. The van der Waals surface area contributed by atoms with E-state index < -0.39 is 0 Å². The summed E-state index contributed by atoms with van der Waals surface area (Å²) in [5, 5.41) is 4.04. The van der Waals surface area contributed by atoms with Crippen molar-refractivity contribution in [1.29, 1.82) is 0 Å². The summed E-state index contributed by atoms with van der Waals surface area (Å²) in [4.78, 5) is 17.3. The molecule has 1 amide bonds. The number of carbonyl (C=O) groups is 1. The van der Waals surface area contributed by atoms with Crippen LogP contribution in [0.25, 0.3) is 6.08 Å². The second-order valence-electron chi connectivity index (χ2n) is 5.08. The number of aryl methyl sites for hydroxylation is 1. The predicted molar refractivity (Wildman–Crippen MR) is 97.1 cm³/mol. The van der Waals surface area contributed by atoms with Crippen LogP contribution in [0.4, 0.5) is 5.69 Å². The minimum Gasteiger partial charge on any atom is -0.348 e. The Kier molecular flexibility index (Phi) is 4.59. The van der Waals surface area contributed by atoms with Crippen molar-refractivity contribution in [3.05, 3.63) is 57.7 Å². The summed E-state index contributed by atoms with van der Waals surface area (Å²) < 4.78 is 2.08. The molecule has 3 rings (SSSR count). The number of amides is 1. The summed E-state index contributed by atoms with van der Waals surface area (Å²) in [6.07, 6.45) is 3.88. The monoisotopic (exact) mass is 345 g/mol. The van der Waals surface area contributed by atoms with Gasteiger partial charge >= 0.3 is 0 Å². The van der Waals surface area contributed by atoms with E-state index in [0.717, 1.165) is 23.5 Å². The third-order valence-electron chi connectivity index (χ3n) is 3.60. The Bertz CT molecular complexity index is 823. The molecule has 1 saturated heterocycles. The summed E-state index contributed by atoms with van der Waals surface area (Å²) in [5.74, 6) is -0.128. The molecule has 0 aliphatic carbocycles. The zero-order valence-corrected chi connectivity index (χ0v) is 14.4. The highest BCUT2D eigenvalue weighted by molar-refractivity contribution is 8.18. The van der Waals surface area contributed by atoms with Crippen molar-refractivity contribution in [2.45, 2.75) is 20.4 Å². The highest BCUT2D eigenvalue weighted by Gasteiger charge is 2.24. The molecule has 0 atom stereocenters. The number of hydrogen-bond donors (Lipinski definition) is 1. The molecule has 1 aromatic carbocycles. The van der Waals surface area contributed by atoms with Crippen LogP contribution >= 0.6 is 23.4 Å². The molecule has 0 radical (unpaired) electrons. The fraction of sp³-hybridized carbons (Fsp3) is 0.176. The van der Waals surface area contributed by atoms with Crippen molar-refractivity contribution >= 4 is 46.2 Å². The maximum Gasteiger partial charge on any atom is 0.264 e. The van der Waals surface area contributed by atoms with Gasteiger partial charge in [0.05, 0.1) is 10.6 Å². The van der Waals surface area contributed by atoms with Crippen molar-refractivity contribution < 1.29 is 4.79 Å². The normalized spacial score (nSPS) is 18.0. The quantitative estimate of drug-likeness (QED) is 0.840. The molecule has 0 bridgehead atoms. The van der Waals surface area contributed by atoms with Crippen LogP contribution in [0.2, 0.25) is 5.02 Å². The molecule has 0 spiro atoms. The summed E-state index contributed by atoms with van der Waals surface area (Å²) >= 11 is 7.45. The summed E-state index contributed by atoms with van der Waals surface area (Å²) in [7, 11) is 0. The smallest absolute Gasteiger partial charge is 0.264 e. The standard InChI is InChI=1S/C17H16ClN3OS/c1-3-21-9-5-6-12(21)10-15-16(22)20-17(23-15)19-14-8-4-7-13(18)11(14)2/h4-10H,3H2,1-2H3,(H,19,20,22)/b15-10+. The Hall–Kier alpha value is -1.98. The number of thioether (sulfide) groups is 1. The van der Waals surface area contributed by atoms with E-state index >= 15 is 0 Å². The number of halogens is 1. The van der Waals surface area contributed by atoms with Gasteiger partial charge in [-0.25, -0.2) is 4.99 Å². The van der Waals surface area contributed by atoms with Crippen molar-refractivity contribution in [1.82, 2.24) is 9.88 Å². The first kappa shape index (κ1) is 15.9. The Balaban J connectivity index is 1.88. The van der Waals surface area contributed by atoms with E-state index in [0.29, 0.717) is 15.1 Å². The van der Waals surface area contributed by atoms with Gasteiger partial charge < -0.3 is 9.88 Å². The van der Waals surface area contributed by atoms with Gasteiger partial charge in [0.25, 0.3) is 5.91 Å². The minimum atomic E-state index is -0.128. The Morgan fingerprint density at radius 1 is 1.35 bits per heavy atom. The first-order valence-electron chi connectivity index (χ1n) is 7.28. The molecule has 1 N–H and O–H groups in total. The lowest BCUT2D eigenvalue weighted by atomic mass is 10.2. The first-order chi connectivity index (χ1) is 11.1. The van der Waals surface area contributed by atoms with Crippen LogP contribution in [-0.2, 0) is 11.3 Å². The van der Waals surface area contributed by atoms with Crippen molar-refractivity contribution in [2.75, 3.05) is 0 Å². The molecule has 6 heteroatoms. The lowest BCUT2D eigenvalue weighted by molar-refractivity contribution is -0.115. The third kappa shape index (κ3) is 3.35. The zero-order chi connectivity index (χ0) is 16.4. The van der Waals surface area contributed by atoms with Crippen LogP contribution in [0.3, 0.4) is 0 Å². The number of aromatic nitrogens is 1. The highest BCUT2D eigenvalue weighted by atomic mass is 35.5. The average Bonchev–Trinajstić information content (AvgIpc) is 3.11. The fourth-order valence-corrected chi connectivity index (χ4v) is 3.28. The Morgan fingerprint density at radius 2 is 2.17 bits per heavy atom. The molecule has 2 aromatic rings. The molecular formula is C17H16ClN3OS. The zero-order valence-electron chi connectivity index (χ0n) is 12.8. The number of hydrogen-bond acceptors (Lipinski definition) is 3. The highest BCUT2D eigenvalue weighted by Crippen LogP contribution is 2.31. The molecule has 118 valence electrons. The summed E-state index contributed by atoms with van der Waals surface area (Å²) in [6, 6.07) is 9.51. The second-order valence-corrected chi connectivity index (χ2v) is 6.52. The number of nitrogens with zero attached hydrogens (tertiary/aromatic N) is 2. The minimum absolute atomic E-state index is 0.128. The number of aliphatic imine (C=N–C) groups is 1. The van der Waals surface area contributed by atoms with Crippen LogP contribution in [-0.4, -0.2) is 15.6 Å². The van der Waals surface area contributed by atoms with Gasteiger partial charge in [-0.2, -0.15) is 0 Å². The molecule has 2 heterocycles. The fourth-order valence-electron chi connectivity index (χ4n) is 2.29. The van der Waals surface area contributed by atoms with Gasteiger partial charge in [-0.1, -0.05) is 17.7 Å². The Morgan fingerprint density at radius 3 is 2.96 bits per heavy atom. The number of rotatable bonds is 3. The molecule has 0 unspecified atom stereocenters. The Labute approximate surface area is 144 Å². The second kappa shape index (κ2) is 6.64. The summed E-state index contributed by atoms with van der Waals surface area (Å²) in [5.41, 5.74) is 2.66. The number of carbonyl (C=O) groups excluding carboxylic acids is 1. The van der Waals surface area contributed by atoms with E-state index in [1.807, 2.05) is 49.5 Å². The van der Waals surface area contributed by atoms with Gasteiger partial charge in [-0.15, -0.1) is 0 Å². The van der Waals surface area contributed by atoms with E-state index in [2.05, 4.69) is 21.8 Å². The maximum atomic E-state index is 12.1. The van der Waals surface area contributed by atoms with E-state index in [1.165, 1.54) is 11.8 Å². The van der Waals surface area contributed by atoms with Crippen LogP contribution in [0.15, 0.2) is 46.4 Å². The van der Waals surface area contributed by atoms with Gasteiger partial charge in [-0.05, 0) is 61.5 Å². The van der Waals surface area contributed by atoms with Crippen molar-refractivity contribution in [2.24, 2.45) is 4.99 Å². The summed E-state index contributed by atoms with van der Waals surface area (Å²) in [6.45, 7) is 4.84. The third-order valence-corrected chi connectivity index (χ3v) is 4.92. The van der Waals surface area contributed by atoms with Crippen LogP contribution < -0.4 is 5.32 Å². The topological polar surface area (TPSA) is 46.4 Å². The first-order valence-corrected chi connectivity index (χ1v) is 8.47. The van der Waals surface area contributed by atoms with E-state index in [-0.39, 0.29) is 5.91 Å². The van der Waals surface area contributed by atoms with Gasteiger partial charge in [0.15, 0.2) is 5.17 Å². The van der Waals surface area contributed by atoms with Gasteiger partial charge in [-0.3, -0.25) is 4.79 Å². The van der Waals surface area contributed by atoms with Crippen molar-refractivity contribution in [3.63, 3.8) is 0 Å². The number of benzene rings is 1. The van der Waals surface area contributed by atoms with Gasteiger partial charge in [0.2, 0.25) is 0 Å². The van der Waals surface area contributed by atoms with E-state index in [9.17, 15) is 4.79 Å². The van der Waals surface area contributed by atoms with E-state index in [4.69, 9.17) is 11.6 Å². The number of nitrogens with one attached hydrogen (secondary N) is 1. The average molecular weight is 346 g/mol. The van der Waals surface area contributed by atoms with Crippen LogP contribution in [0.1, 0.15) is 18.2 Å². The molecule has 1 fully saturated rings. The molecular weight excluding hydrogens is 330 g/mol. The van der Waals surface area contributed by atoms with E-state index in [1.54, 1.807) is 0 Å². The van der Waals surface area contributed by atoms with Crippen LogP contribution in [0, 0.1) is 6.92 Å². The van der Waals surface area contributed by atoms with Crippen LogP contribution in [0.5, 0.6) is 0 Å². The van der Waals surface area contributed by atoms with Gasteiger partial charge in [0.1, 0.15) is 0 Å². The van der Waals surface area contributed by atoms with Crippen molar-refractivity contribution in [3.8, 4) is 0 Å². The SMILES string of the molecule is CCn1cccc1/C=C1/SC(=Nc2cccc(Cl)c2C)NC1=O. The lowest BCUT2D eigenvalue weighted by Gasteiger charge is -2.02. The lowest BCUT2D eigenvalue weighted by Crippen LogP contribution is -2.19.